The van der Waals surface area contributed by atoms with Crippen molar-refractivity contribution in [2.24, 2.45) is 4.99 Å². The van der Waals surface area contributed by atoms with Gasteiger partial charge in [-0.15, -0.1) is 0 Å². The van der Waals surface area contributed by atoms with Crippen LogP contribution in [-0.4, -0.2) is 29.1 Å². The van der Waals surface area contributed by atoms with E-state index in [2.05, 4.69) is 15.8 Å². The number of benzene rings is 3. The molecule has 0 aliphatic carbocycles. The van der Waals surface area contributed by atoms with Gasteiger partial charge >= 0.3 is 0 Å². The topological polar surface area (TPSA) is 52.8 Å². The first-order chi connectivity index (χ1) is 15.7. The number of carbonyl (C=O) groups excluding carboxylic acids is 1. The van der Waals surface area contributed by atoms with E-state index in [4.69, 9.17) is 9.47 Å². The van der Waals surface area contributed by atoms with Gasteiger partial charge in [0.25, 0.3) is 5.91 Å². The smallest absolute Gasteiger partial charge is 0.279 e. The molecule has 0 aliphatic rings. The Morgan fingerprint density at radius 3 is 2.59 bits per heavy atom. The zero-order valence-electron chi connectivity index (χ0n) is 18.0. The van der Waals surface area contributed by atoms with Crippen LogP contribution in [0.1, 0.15) is 17.3 Å². The SMILES string of the molecule is CCOc1ccc2c(c1)sc(=NC(=O)c1cccc(Oc3ccccc3)c1)n2CCSC. The fourth-order valence-electron chi connectivity index (χ4n) is 3.26. The molecule has 0 unspecified atom stereocenters. The van der Waals surface area contributed by atoms with Crippen molar-refractivity contribution in [3.05, 3.63) is 83.2 Å². The van der Waals surface area contributed by atoms with Crippen LogP contribution in [0.3, 0.4) is 0 Å². The zero-order chi connectivity index (χ0) is 22.3. The maximum atomic E-state index is 13.0. The number of amides is 1. The number of nitrogens with zero attached hydrogens (tertiary/aromatic N) is 2. The molecule has 3 aromatic carbocycles. The summed E-state index contributed by atoms with van der Waals surface area (Å²) in [5.74, 6) is 2.78. The van der Waals surface area contributed by atoms with Crippen molar-refractivity contribution < 1.29 is 14.3 Å². The molecule has 1 aromatic heterocycles. The number of hydrogen-bond donors (Lipinski definition) is 0. The molecule has 0 bridgehead atoms. The number of carbonyl (C=O) groups is 1. The minimum Gasteiger partial charge on any atom is -0.494 e. The Labute approximate surface area is 195 Å². The van der Waals surface area contributed by atoms with Crippen molar-refractivity contribution in [3.63, 3.8) is 0 Å². The van der Waals surface area contributed by atoms with Crippen LogP contribution in [0.25, 0.3) is 10.2 Å². The lowest BCUT2D eigenvalue weighted by Crippen LogP contribution is -2.18. The Morgan fingerprint density at radius 1 is 1.00 bits per heavy atom. The predicted octanol–water partition coefficient (Wildman–Crippen LogP) is 6.00. The van der Waals surface area contributed by atoms with E-state index in [0.717, 1.165) is 34.0 Å². The number of thiazole rings is 1. The molecule has 0 aliphatic heterocycles. The van der Waals surface area contributed by atoms with E-state index in [0.29, 0.717) is 22.7 Å². The van der Waals surface area contributed by atoms with Gasteiger partial charge in [-0.1, -0.05) is 35.6 Å². The summed E-state index contributed by atoms with van der Waals surface area (Å²) in [6.07, 6.45) is 2.07. The van der Waals surface area contributed by atoms with Gasteiger partial charge in [0.1, 0.15) is 17.2 Å². The lowest BCUT2D eigenvalue weighted by atomic mass is 10.2. The maximum Gasteiger partial charge on any atom is 0.279 e. The third-order valence-electron chi connectivity index (χ3n) is 4.74. The molecule has 5 nitrogen and oxygen atoms in total. The normalized spacial score (nSPS) is 11.6. The van der Waals surface area contributed by atoms with Crippen LogP contribution >= 0.6 is 23.1 Å². The second-order valence-electron chi connectivity index (χ2n) is 6.95. The van der Waals surface area contributed by atoms with Crippen molar-refractivity contribution in [3.8, 4) is 17.2 Å². The van der Waals surface area contributed by atoms with E-state index in [1.807, 2.05) is 67.6 Å². The average molecular weight is 465 g/mol. The van der Waals surface area contributed by atoms with Crippen LogP contribution in [0.15, 0.2) is 77.8 Å². The zero-order valence-corrected chi connectivity index (χ0v) is 19.6. The number of aromatic nitrogens is 1. The fraction of sp³-hybridized carbons (Fsp3) is 0.200. The summed E-state index contributed by atoms with van der Waals surface area (Å²) in [6.45, 7) is 3.35. The van der Waals surface area contributed by atoms with Crippen LogP contribution in [0.2, 0.25) is 0 Å². The highest BCUT2D eigenvalue weighted by molar-refractivity contribution is 7.98. The van der Waals surface area contributed by atoms with Crippen LogP contribution in [0, 0.1) is 0 Å². The molecular weight excluding hydrogens is 440 g/mol. The first kappa shape index (κ1) is 22.2. The molecule has 32 heavy (non-hydrogen) atoms. The van der Waals surface area contributed by atoms with Crippen molar-refractivity contribution in [1.29, 1.82) is 0 Å². The van der Waals surface area contributed by atoms with E-state index in [-0.39, 0.29) is 5.91 Å². The fourth-order valence-corrected chi connectivity index (χ4v) is 4.71. The molecule has 4 rings (SSSR count). The van der Waals surface area contributed by atoms with Gasteiger partial charge in [-0.3, -0.25) is 4.79 Å². The number of rotatable bonds is 8. The predicted molar refractivity (Wildman–Crippen MR) is 132 cm³/mol. The van der Waals surface area contributed by atoms with E-state index < -0.39 is 0 Å². The molecule has 1 heterocycles. The third-order valence-corrected chi connectivity index (χ3v) is 6.37. The van der Waals surface area contributed by atoms with Crippen LogP contribution in [-0.2, 0) is 6.54 Å². The number of para-hydroxylation sites is 1. The molecule has 7 heteroatoms. The van der Waals surface area contributed by atoms with Crippen molar-refractivity contribution in [1.82, 2.24) is 4.57 Å². The Bertz CT molecular complexity index is 1280. The van der Waals surface area contributed by atoms with E-state index in [9.17, 15) is 4.79 Å². The lowest BCUT2D eigenvalue weighted by molar-refractivity contribution is 0.0997. The van der Waals surface area contributed by atoms with Crippen molar-refractivity contribution in [2.75, 3.05) is 18.6 Å². The van der Waals surface area contributed by atoms with Gasteiger partial charge < -0.3 is 14.0 Å². The maximum absolute atomic E-state index is 13.0. The minimum atomic E-state index is -0.294. The van der Waals surface area contributed by atoms with Crippen molar-refractivity contribution >= 4 is 39.2 Å². The molecule has 164 valence electrons. The summed E-state index contributed by atoms with van der Waals surface area (Å²) in [4.78, 5) is 18.2. The summed E-state index contributed by atoms with van der Waals surface area (Å²) in [7, 11) is 0. The highest BCUT2D eigenvalue weighted by atomic mass is 32.2. The second-order valence-corrected chi connectivity index (χ2v) is 8.95. The average Bonchev–Trinajstić information content (AvgIpc) is 3.14. The Kier molecular flexibility index (Phi) is 7.29. The van der Waals surface area contributed by atoms with Gasteiger partial charge in [-0.2, -0.15) is 16.8 Å². The Hall–Kier alpha value is -3.03. The molecule has 0 saturated heterocycles. The van der Waals surface area contributed by atoms with E-state index >= 15 is 0 Å². The number of aryl methyl sites for hydroxylation is 1. The number of fused-ring (bicyclic) bond motifs is 1. The molecule has 0 N–H and O–H groups in total. The van der Waals surface area contributed by atoms with E-state index in [1.165, 1.54) is 11.3 Å². The highest BCUT2D eigenvalue weighted by Crippen LogP contribution is 2.25. The summed E-state index contributed by atoms with van der Waals surface area (Å²) in [6, 6.07) is 22.6. The third kappa shape index (κ3) is 5.23. The quantitative estimate of drug-likeness (QED) is 0.321. The van der Waals surface area contributed by atoms with Gasteiger partial charge in [0.05, 0.1) is 16.8 Å². The van der Waals surface area contributed by atoms with Crippen molar-refractivity contribution in [2.45, 2.75) is 13.5 Å². The first-order valence-corrected chi connectivity index (χ1v) is 12.6. The molecule has 0 saturated carbocycles. The van der Waals surface area contributed by atoms with Crippen LogP contribution in [0.4, 0.5) is 0 Å². The van der Waals surface area contributed by atoms with Crippen LogP contribution < -0.4 is 14.3 Å². The number of ether oxygens (including phenoxy) is 2. The standard InChI is InChI=1S/C25H24N2O3S2/c1-3-29-20-12-13-22-23(17-20)32-25(27(22)14-15-31-2)26-24(28)18-8-7-11-21(16-18)30-19-9-5-4-6-10-19/h4-13,16-17H,3,14-15H2,1-2H3. The molecule has 0 atom stereocenters. The lowest BCUT2D eigenvalue weighted by Gasteiger charge is -2.06. The molecular formula is C25H24N2O3S2. The van der Waals surface area contributed by atoms with Gasteiger partial charge in [-0.05, 0) is 61.7 Å². The molecule has 4 aromatic rings. The summed E-state index contributed by atoms with van der Waals surface area (Å²) >= 11 is 3.26. The number of thioether (sulfide) groups is 1. The Morgan fingerprint density at radius 2 is 1.81 bits per heavy atom. The van der Waals surface area contributed by atoms with Gasteiger partial charge in [-0.25, -0.2) is 0 Å². The summed E-state index contributed by atoms with van der Waals surface area (Å²) in [5, 5.41) is 0. The summed E-state index contributed by atoms with van der Waals surface area (Å²) < 4.78 is 14.7. The molecule has 0 fully saturated rings. The molecule has 0 spiro atoms. The first-order valence-electron chi connectivity index (χ1n) is 10.3. The van der Waals surface area contributed by atoms with Crippen LogP contribution in [0.5, 0.6) is 17.2 Å². The minimum absolute atomic E-state index is 0.294. The van der Waals surface area contributed by atoms with Gasteiger partial charge in [0.15, 0.2) is 4.80 Å². The largest absolute Gasteiger partial charge is 0.494 e. The Balaban J connectivity index is 1.68. The highest BCUT2D eigenvalue weighted by Gasteiger charge is 2.11. The monoisotopic (exact) mass is 464 g/mol. The molecule has 1 amide bonds. The summed E-state index contributed by atoms with van der Waals surface area (Å²) in [5.41, 5.74) is 1.54. The number of hydrogen-bond acceptors (Lipinski definition) is 5. The van der Waals surface area contributed by atoms with E-state index in [1.54, 1.807) is 23.9 Å². The second kappa shape index (κ2) is 10.5. The van der Waals surface area contributed by atoms with Gasteiger partial charge in [0.2, 0.25) is 0 Å². The van der Waals surface area contributed by atoms with Gasteiger partial charge in [0, 0.05) is 17.9 Å². The molecule has 0 radical (unpaired) electrons.